The highest BCUT2D eigenvalue weighted by Crippen LogP contribution is 2.03. The summed E-state index contributed by atoms with van der Waals surface area (Å²) in [6.07, 6.45) is 0. The molecule has 0 saturated carbocycles. The van der Waals surface area contributed by atoms with Crippen molar-refractivity contribution in [2.75, 3.05) is 32.0 Å². The van der Waals surface area contributed by atoms with Crippen LogP contribution in [0, 0.1) is 0 Å². The average molecular weight is 322 g/mol. The molecule has 116 valence electrons. The Hall–Kier alpha value is -0.970. The summed E-state index contributed by atoms with van der Waals surface area (Å²) in [5, 5.41) is 5.98. The van der Waals surface area contributed by atoms with Crippen molar-refractivity contribution in [3.8, 4) is 0 Å². The van der Waals surface area contributed by atoms with Crippen LogP contribution in [0.15, 0.2) is 30.3 Å². The molecule has 6 heteroatoms. The molecule has 0 aliphatic heterocycles. The number of hydrogen-bond acceptors (Lipinski definition) is 3. The van der Waals surface area contributed by atoms with Crippen LogP contribution in [-0.4, -0.2) is 43.5 Å². The van der Waals surface area contributed by atoms with Gasteiger partial charge in [0.05, 0.1) is 6.54 Å². The van der Waals surface area contributed by atoms with Gasteiger partial charge in [-0.05, 0) is 33.0 Å². The van der Waals surface area contributed by atoms with Crippen molar-refractivity contribution in [1.29, 1.82) is 0 Å². The first-order chi connectivity index (χ1) is 8.59. The van der Waals surface area contributed by atoms with Crippen LogP contribution in [0.1, 0.15) is 13.8 Å². The quantitative estimate of drug-likeness (QED) is 0.810. The number of amides is 1. The Morgan fingerprint density at radius 1 is 1.20 bits per heavy atom. The molecular weight excluding hydrogens is 297 g/mol. The molecule has 1 aromatic carbocycles. The first kappa shape index (κ1) is 21.3. The molecule has 0 bridgehead atoms. The number of halogens is 2. The minimum absolute atomic E-state index is 0. The number of rotatable bonds is 7. The largest absolute Gasteiger partial charge is 0.376 e. The third-order valence-electron chi connectivity index (χ3n) is 2.90. The first-order valence-electron chi connectivity index (χ1n) is 6.35. The maximum absolute atomic E-state index is 11.6. The van der Waals surface area contributed by atoms with Crippen LogP contribution in [-0.2, 0) is 4.79 Å². The van der Waals surface area contributed by atoms with Crippen molar-refractivity contribution in [2.24, 2.45) is 0 Å². The highest BCUT2D eigenvalue weighted by molar-refractivity contribution is 5.85. The molecule has 1 aromatic rings. The van der Waals surface area contributed by atoms with Gasteiger partial charge in [0.2, 0.25) is 5.91 Å². The second kappa shape index (κ2) is 11.8. The molecule has 0 aliphatic rings. The van der Waals surface area contributed by atoms with Crippen LogP contribution < -0.4 is 10.6 Å². The van der Waals surface area contributed by atoms with Gasteiger partial charge in [-0.15, -0.1) is 24.8 Å². The molecule has 0 fully saturated rings. The van der Waals surface area contributed by atoms with Gasteiger partial charge in [0.1, 0.15) is 0 Å². The van der Waals surface area contributed by atoms with E-state index in [1.165, 1.54) is 0 Å². The Labute approximate surface area is 134 Å². The standard InChI is InChI=1S/C14H23N3O.2ClH/c1-12(2)17(3)10-9-15-14(18)11-16-13-7-5-4-6-8-13;;/h4-8,12,16H,9-11H2,1-3H3,(H,15,18);2*1H. The molecule has 20 heavy (non-hydrogen) atoms. The number of carbonyl (C=O) groups is 1. The maximum Gasteiger partial charge on any atom is 0.239 e. The van der Waals surface area contributed by atoms with Crippen LogP contribution in [0.4, 0.5) is 5.69 Å². The van der Waals surface area contributed by atoms with E-state index in [9.17, 15) is 4.79 Å². The lowest BCUT2D eigenvalue weighted by Crippen LogP contribution is -2.38. The number of likely N-dealkylation sites (N-methyl/N-ethyl adjacent to an activating group) is 1. The molecule has 0 aromatic heterocycles. The molecule has 2 N–H and O–H groups in total. The van der Waals surface area contributed by atoms with E-state index in [1.807, 2.05) is 30.3 Å². The summed E-state index contributed by atoms with van der Waals surface area (Å²) >= 11 is 0. The van der Waals surface area contributed by atoms with Crippen molar-refractivity contribution in [1.82, 2.24) is 10.2 Å². The zero-order valence-corrected chi connectivity index (χ0v) is 13.9. The molecule has 0 heterocycles. The molecule has 0 spiro atoms. The predicted molar refractivity (Wildman–Crippen MR) is 90.2 cm³/mol. The Balaban J connectivity index is 0. The molecule has 0 saturated heterocycles. The van der Waals surface area contributed by atoms with E-state index in [1.54, 1.807) is 0 Å². The van der Waals surface area contributed by atoms with Crippen LogP contribution in [0.5, 0.6) is 0 Å². The summed E-state index contributed by atoms with van der Waals surface area (Å²) in [5.41, 5.74) is 0.965. The fraction of sp³-hybridized carbons (Fsp3) is 0.500. The summed E-state index contributed by atoms with van der Waals surface area (Å²) in [6.45, 7) is 6.14. The van der Waals surface area contributed by atoms with Crippen LogP contribution in [0.25, 0.3) is 0 Å². The number of carbonyl (C=O) groups excluding carboxylic acids is 1. The second-order valence-electron chi connectivity index (χ2n) is 4.64. The topological polar surface area (TPSA) is 44.4 Å². The maximum atomic E-state index is 11.6. The molecular formula is C14H25Cl2N3O. The molecule has 1 amide bonds. The number of nitrogens with zero attached hydrogens (tertiary/aromatic N) is 1. The number of hydrogen-bond donors (Lipinski definition) is 2. The van der Waals surface area contributed by atoms with Gasteiger partial charge in [-0.3, -0.25) is 4.79 Å². The van der Waals surface area contributed by atoms with Gasteiger partial charge in [-0.1, -0.05) is 18.2 Å². The van der Waals surface area contributed by atoms with Crippen molar-refractivity contribution in [2.45, 2.75) is 19.9 Å². The van der Waals surface area contributed by atoms with E-state index in [0.717, 1.165) is 12.2 Å². The first-order valence-corrected chi connectivity index (χ1v) is 6.35. The van der Waals surface area contributed by atoms with E-state index < -0.39 is 0 Å². The molecule has 1 rings (SSSR count). The van der Waals surface area contributed by atoms with Gasteiger partial charge in [0.25, 0.3) is 0 Å². The van der Waals surface area contributed by atoms with E-state index in [2.05, 4.69) is 36.4 Å². The summed E-state index contributed by atoms with van der Waals surface area (Å²) in [4.78, 5) is 13.8. The van der Waals surface area contributed by atoms with Gasteiger partial charge >= 0.3 is 0 Å². The number of benzene rings is 1. The molecule has 0 aliphatic carbocycles. The number of nitrogens with one attached hydrogen (secondary N) is 2. The summed E-state index contributed by atoms with van der Waals surface area (Å²) in [6, 6.07) is 10.2. The molecule has 0 unspecified atom stereocenters. The average Bonchev–Trinajstić information content (AvgIpc) is 2.37. The summed E-state index contributed by atoms with van der Waals surface area (Å²) in [5.74, 6) is 0.0241. The summed E-state index contributed by atoms with van der Waals surface area (Å²) in [7, 11) is 2.05. The van der Waals surface area contributed by atoms with Crippen LogP contribution >= 0.6 is 24.8 Å². The third kappa shape index (κ3) is 9.02. The zero-order chi connectivity index (χ0) is 13.4. The van der Waals surface area contributed by atoms with Gasteiger partial charge in [0, 0.05) is 24.8 Å². The van der Waals surface area contributed by atoms with Gasteiger partial charge in [0.15, 0.2) is 0 Å². The second-order valence-corrected chi connectivity index (χ2v) is 4.64. The lowest BCUT2D eigenvalue weighted by Gasteiger charge is -2.20. The van der Waals surface area contributed by atoms with E-state index >= 15 is 0 Å². The SMILES string of the molecule is CC(C)N(C)CCNC(=O)CNc1ccccc1.Cl.Cl. The lowest BCUT2D eigenvalue weighted by atomic mass is 10.3. The number of para-hydroxylation sites is 1. The van der Waals surface area contributed by atoms with Crippen molar-refractivity contribution < 1.29 is 4.79 Å². The van der Waals surface area contributed by atoms with Crippen molar-refractivity contribution in [3.05, 3.63) is 30.3 Å². The van der Waals surface area contributed by atoms with E-state index in [0.29, 0.717) is 19.1 Å². The highest BCUT2D eigenvalue weighted by atomic mass is 35.5. The van der Waals surface area contributed by atoms with Crippen LogP contribution in [0.3, 0.4) is 0 Å². The highest BCUT2D eigenvalue weighted by Gasteiger charge is 2.04. The lowest BCUT2D eigenvalue weighted by molar-refractivity contribution is -0.119. The van der Waals surface area contributed by atoms with Crippen molar-refractivity contribution >= 4 is 36.4 Å². The van der Waals surface area contributed by atoms with Crippen molar-refractivity contribution in [3.63, 3.8) is 0 Å². The Bertz CT molecular complexity index is 361. The Morgan fingerprint density at radius 3 is 2.35 bits per heavy atom. The smallest absolute Gasteiger partial charge is 0.239 e. The monoisotopic (exact) mass is 321 g/mol. The zero-order valence-electron chi connectivity index (χ0n) is 12.3. The van der Waals surface area contributed by atoms with E-state index in [-0.39, 0.29) is 30.7 Å². The van der Waals surface area contributed by atoms with Gasteiger partial charge in [-0.2, -0.15) is 0 Å². The predicted octanol–water partition coefficient (Wildman–Crippen LogP) is 2.40. The fourth-order valence-corrected chi connectivity index (χ4v) is 1.43. The van der Waals surface area contributed by atoms with Gasteiger partial charge in [-0.25, -0.2) is 0 Å². The number of anilines is 1. The Morgan fingerprint density at radius 2 is 1.80 bits per heavy atom. The normalized spacial score (nSPS) is 9.65. The minimum atomic E-state index is 0. The molecule has 0 radical (unpaired) electrons. The third-order valence-corrected chi connectivity index (χ3v) is 2.90. The molecule has 4 nitrogen and oxygen atoms in total. The summed E-state index contributed by atoms with van der Waals surface area (Å²) < 4.78 is 0. The minimum Gasteiger partial charge on any atom is -0.376 e. The van der Waals surface area contributed by atoms with E-state index in [4.69, 9.17) is 0 Å². The molecule has 0 atom stereocenters. The Kier molecular flexibility index (Phi) is 12.6. The van der Waals surface area contributed by atoms with Gasteiger partial charge < -0.3 is 15.5 Å². The fourth-order valence-electron chi connectivity index (χ4n) is 1.43. The van der Waals surface area contributed by atoms with Crippen LogP contribution in [0.2, 0.25) is 0 Å².